The number of methoxy groups -OCH3 is 3. The third kappa shape index (κ3) is 5.86. The molecule has 1 N–H and O–H groups in total. The zero-order valence-electron chi connectivity index (χ0n) is 18.5. The van der Waals surface area contributed by atoms with E-state index in [1.54, 1.807) is 25.3 Å². The summed E-state index contributed by atoms with van der Waals surface area (Å²) in [5, 5.41) is 2.77. The van der Waals surface area contributed by atoms with Crippen LogP contribution in [0.5, 0.6) is 5.75 Å². The second kappa shape index (κ2) is 10.8. The number of hydrogen-bond acceptors (Lipinski definition) is 6. The third-order valence-corrected chi connectivity index (χ3v) is 4.79. The van der Waals surface area contributed by atoms with Crippen LogP contribution in [0.4, 0.5) is 5.69 Å². The average molecular weight is 445 g/mol. The molecule has 3 rings (SSSR count). The van der Waals surface area contributed by atoms with E-state index in [9.17, 15) is 14.4 Å². The molecule has 0 unspecified atom stereocenters. The minimum absolute atomic E-state index is 0.107. The fourth-order valence-electron chi connectivity index (χ4n) is 3.13. The fourth-order valence-corrected chi connectivity index (χ4v) is 3.13. The molecule has 7 heteroatoms. The Bertz CT molecular complexity index is 1150. The Morgan fingerprint density at radius 3 is 1.82 bits per heavy atom. The highest BCUT2D eigenvalue weighted by molar-refractivity contribution is 6.29. The molecular formula is C26H23NO6. The first kappa shape index (κ1) is 23.3. The zero-order chi connectivity index (χ0) is 23.8. The summed E-state index contributed by atoms with van der Waals surface area (Å²) in [7, 11) is 4.05. The van der Waals surface area contributed by atoms with E-state index < -0.39 is 17.8 Å². The molecule has 0 fully saturated rings. The first-order valence-electron chi connectivity index (χ1n) is 9.99. The van der Waals surface area contributed by atoms with Crippen molar-refractivity contribution in [1.29, 1.82) is 0 Å². The Hall–Kier alpha value is -4.39. The van der Waals surface area contributed by atoms with Crippen LogP contribution in [0.25, 0.3) is 11.6 Å². The van der Waals surface area contributed by atoms with Gasteiger partial charge in [-0.25, -0.2) is 9.59 Å². The van der Waals surface area contributed by atoms with Gasteiger partial charge in [-0.05, 0) is 47.5 Å². The van der Waals surface area contributed by atoms with E-state index in [4.69, 9.17) is 14.2 Å². The van der Waals surface area contributed by atoms with Gasteiger partial charge in [0.1, 0.15) is 5.75 Å². The summed E-state index contributed by atoms with van der Waals surface area (Å²) < 4.78 is 14.7. The van der Waals surface area contributed by atoms with Gasteiger partial charge < -0.3 is 19.5 Å². The van der Waals surface area contributed by atoms with Crippen LogP contribution in [0.15, 0.2) is 72.8 Å². The molecule has 7 nitrogen and oxygen atoms in total. The molecule has 0 spiro atoms. The fraction of sp³-hybridized carbons (Fsp3) is 0.115. The van der Waals surface area contributed by atoms with Crippen molar-refractivity contribution in [3.63, 3.8) is 0 Å². The summed E-state index contributed by atoms with van der Waals surface area (Å²) in [6.07, 6.45) is 1.75. The predicted molar refractivity (Wildman–Crippen MR) is 125 cm³/mol. The molecule has 0 atom stereocenters. The van der Waals surface area contributed by atoms with Crippen LogP contribution in [0.3, 0.4) is 0 Å². The normalized spacial score (nSPS) is 10.8. The number of amides is 1. The number of carbonyl (C=O) groups is 3. The Kier molecular flexibility index (Phi) is 7.60. The lowest BCUT2D eigenvalue weighted by molar-refractivity contribution is -0.111. The summed E-state index contributed by atoms with van der Waals surface area (Å²) in [5.41, 5.74) is 2.35. The summed E-state index contributed by atoms with van der Waals surface area (Å²) in [6, 6.07) is 20.6. The Labute approximate surface area is 191 Å². The van der Waals surface area contributed by atoms with Gasteiger partial charge in [0.15, 0.2) is 0 Å². The van der Waals surface area contributed by atoms with Crippen molar-refractivity contribution >= 4 is 35.2 Å². The van der Waals surface area contributed by atoms with Crippen LogP contribution < -0.4 is 10.1 Å². The van der Waals surface area contributed by atoms with Gasteiger partial charge in [-0.15, -0.1) is 0 Å². The van der Waals surface area contributed by atoms with Crippen molar-refractivity contribution in [2.45, 2.75) is 0 Å². The molecule has 0 saturated carbocycles. The monoisotopic (exact) mass is 445 g/mol. The van der Waals surface area contributed by atoms with Crippen molar-refractivity contribution in [3.05, 3.63) is 95.1 Å². The number of hydrogen-bond donors (Lipinski definition) is 1. The van der Waals surface area contributed by atoms with Gasteiger partial charge in [0.2, 0.25) is 0 Å². The van der Waals surface area contributed by atoms with Gasteiger partial charge in [-0.2, -0.15) is 0 Å². The zero-order valence-corrected chi connectivity index (χ0v) is 18.5. The largest absolute Gasteiger partial charge is 0.497 e. The van der Waals surface area contributed by atoms with Gasteiger partial charge in [0.05, 0.1) is 32.5 Å². The smallest absolute Gasteiger partial charge is 0.337 e. The Morgan fingerprint density at radius 1 is 0.727 bits per heavy atom. The number of esters is 2. The predicted octanol–water partition coefficient (Wildman–Crippen LogP) is 4.45. The molecule has 1 amide bonds. The molecule has 3 aromatic carbocycles. The molecule has 0 aliphatic rings. The SMILES string of the molecule is COC(=O)c1cc(NC(=O)/C(=C/c2ccc(OC)cc2)c2ccccc2)cc(C(=O)OC)c1. The third-order valence-electron chi connectivity index (χ3n) is 4.79. The molecule has 33 heavy (non-hydrogen) atoms. The Morgan fingerprint density at radius 2 is 1.30 bits per heavy atom. The number of ether oxygens (including phenoxy) is 3. The van der Waals surface area contributed by atoms with E-state index in [1.807, 2.05) is 42.5 Å². The molecule has 0 saturated heterocycles. The van der Waals surface area contributed by atoms with E-state index in [-0.39, 0.29) is 16.8 Å². The molecule has 3 aromatic rings. The van der Waals surface area contributed by atoms with Crippen LogP contribution in [0, 0.1) is 0 Å². The van der Waals surface area contributed by atoms with Crippen LogP contribution in [-0.2, 0) is 14.3 Å². The average Bonchev–Trinajstić information content (AvgIpc) is 2.86. The lowest BCUT2D eigenvalue weighted by Crippen LogP contribution is -2.15. The van der Waals surface area contributed by atoms with E-state index in [1.165, 1.54) is 32.4 Å². The van der Waals surface area contributed by atoms with Gasteiger partial charge in [-0.1, -0.05) is 42.5 Å². The topological polar surface area (TPSA) is 90.9 Å². The molecule has 168 valence electrons. The summed E-state index contributed by atoms with van der Waals surface area (Å²) >= 11 is 0. The highest BCUT2D eigenvalue weighted by Gasteiger charge is 2.17. The van der Waals surface area contributed by atoms with Crippen LogP contribution in [0.2, 0.25) is 0 Å². The number of anilines is 1. The van der Waals surface area contributed by atoms with Crippen LogP contribution >= 0.6 is 0 Å². The first-order chi connectivity index (χ1) is 15.9. The van der Waals surface area contributed by atoms with Crippen molar-refractivity contribution < 1.29 is 28.6 Å². The highest BCUT2D eigenvalue weighted by Crippen LogP contribution is 2.23. The highest BCUT2D eigenvalue weighted by atomic mass is 16.5. The van der Waals surface area contributed by atoms with E-state index >= 15 is 0 Å². The molecule has 0 radical (unpaired) electrons. The molecule has 0 aliphatic carbocycles. The quantitative estimate of drug-likeness (QED) is 0.328. The van der Waals surface area contributed by atoms with Crippen molar-refractivity contribution in [2.75, 3.05) is 26.6 Å². The van der Waals surface area contributed by atoms with Gasteiger partial charge >= 0.3 is 11.9 Å². The van der Waals surface area contributed by atoms with Gasteiger partial charge in [0.25, 0.3) is 5.91 Å². The van der Waals surface area contributed by atoms with Gasteiger partial charge in [-0.3, -0.25) is 4.79 Å². The number of benzene rings is 3. The lowest BCUT2D eigenvalue weighted by Gasteiger charge is -2.12. The second-order valence-electron chi connectivity index (χ2n) is 6.93. The molecular weight excluding hydrogens is 422 g/mol. The van der Waals surface area contributed by atoms with Crippen molar-refractivity contribution in [3.8, 4) is 5.75 Å². The van der Waals surface area contributed by atoms with Crippen molar-refractivity contribution in [1.82, 2.24) is 0 Å². The summed E-state index contributed by atoms with van der Waals surface area (Å²) in [6.45, 7) is 0. The number of rotatable bonds is 7. The van der Waals surface area contributed by atoms with E-state index in [0.717, 1.165) is 5.56 Å². The maximum atomic E-state index is 13.3. The first-order valence-corrected chi connectivity index (χ1v) is 9.99. The number of carbonyl (C=O) groups excluding carboxylic acids is 3. The van der Waals surface area contributed by atoms with Gasteiger partial charge in [0, 0.05) is 11.3 Å². The summed E-state index contributed by atoms with van der Waals surface area (Å²) in [4.78, 5) is 37.4. The molecule has 0 aliphatic heterocycles. The summed E-state index contributed by atoms with van der Waals surface area (Å²) in [5.74, 6) is -1.01. The lowest BCUT2D eigenvalue weighted by atomic mass is 10.0. The maximum Gasteiger partial charge on any atom is 0.337 e. The van der Waals surface area contributed by atoms with Crippen LogP contribution in [-0.4, -0.2) is 39.2 Å². The minimum atomic E-state index is -0.645. The minimum Gasteiger partial charge on any atom is -0.497 e. The maximum absolute atomic E-state index is 13.3. The van der Waals surface area contributed by atoms with E-state index in [0.29, 0.717) is 16.9 Å². The number of nitrogens with one attached hydrogen (secondary N) is 1. The second-order valence-corrected chi connectivity index (χ2v) is 6.93. The van der Waals surface area contributed by atoms with Crippen molar-refractivity contribution in [2.24, 2.45) is 0 Å². The van der Waals surface area contributed by atoms with Crippen LogP contribution in [0.1, 0.15) is 31.8 Å². The Balaban J connectivity index is 2.01. The molecule has 0 aromatic heterocycles. The standard InChI is InChI=1S/C26H23NO6/c1-31-22-11-9-17(10-12-22)13-23(18-7-5-4-6-8-18)24(28)27-21-15-19(25(29)32-2)14-20(16-21)26(30)33-3/h4-16H,1-3H3,(H,27,28)/b23-13+. The van der Waals surface area contributed by atoms with E-state index in [2.05, 4.69) is 5.32 Å². The molecule has 0 heterocycles. The molecule has 0 bridgehead atoms.